The third kappa shape index (κ3) is 4.80. The Balaban J connectivity index is 1.52. The molecule has 1 heterocycles. The van der Waals surface area contributed by atoms with Gasteiger partial charge in [-0.15, -0.1) is 0 Å². The van der Waals surface area contributed by atoms with E-state index in [0.717, 1.165) is 28.2 Å². The molecule has 4 aromatic carbocycles. The topological polar surface area (TPSA) is 84.0 Å². The van der Waals surface area contributed by atoms with Crippen LogP contribution in [0.5, 0.6) is 5.75 Å². The quantitative estimate of drug-likeness (QED) is 0.352. The summed E-state index contributed by atoms with van der Waals surface area (Å²) in [5.41, 5.74) is 2.72. The fraction of sp³-hybridized carbons (Fsp3) is 0.172. The highest BCUT2D eigenvalue weighted by molar-refractivity contribution is 7.90. The van der Waals surface area contributed by atoms with Gasteiger partial charge in [0.1, 0.15) is 5.75 Å². The predicted octanol–water partition coefficient (Wildman–Crippen LogP) is 5.67. The largest absolute Gasteiger partial charge is 0.419 e. The van der Waals surface area contributed by atoms with Crippen LogP contribution in [0, 0.1) is 0 Å². The van der Waals surface area contributed by atoms with E-state index in [-0.39, 0.29) is 23.4 Å². The third-order valence-corrected chi connectivity index (χ3v) is 7.64. The summed E-state index contributed by atoms with van der Waals surface area (Å²) in [4.78, 5) is 29.4. The van der Waals surface area contributed by atoms with Crippen LogP contribution in [0.1, 0.15) is 13.8 Å². The summed E-state index contributed by atoms with van der Waals surface area (Å²) in [5.74, 6) is 0.306. The molecule has 1 aliphatic rings. The average molecular weight is 515 g/mol. The van der Waals surface area contributed by atoms with Crippen molar-refractivity contribution in [3.8, 4) is 16.9 Å². The molecule has 0 N–H and O–H groups in total. The first kappa shape index (κ1) is 24.5. The fourth-order valence-electron chi connectivity index (χ4n) is 4.74. The SMILES string of the molecule is CC(=O)N1c2ccc(-c3ccc(S(C)(=O)=O)cc3)cc2N(C(=O)Oc2ccc3ccccc3c2)C[C@@H]1C. The number of fused-ring (bicyclic) bond motifs is 2. The lowest BCUT2D eigenvalue weighted by Gasteiger charge is -2.40. The summed E-state index contributed by atoms with van der Waals surface area (Å²) in [6, 6.07) is 25.1. The first-order chi connectivity index (χ1) is 17.6. The van der Waals surface area contributed by atoms with Crippen LogP contribution in [0.15, 0.2) is 89.8 Å². The molecule has 0 saturated carbocycles. The van der Waals surface area contributed by atoms with Gasteiger partial charge in [0.05, 0.1) is 22.3 Å². The maximum Gasteiger partial charge on any atom is 0.419 e. The Morgan fingerprint density at radius 1 is 0.838 bits per heavy atom. The van der Waals surface area contributed by atoms with Gasteiger partial charge < -0.3 is 9.64 Å². The minimum Gasteiger partial charge on any atom is -0.410 e. The number of ether oxygens (including phenoxy) is 1. The second kappa shape index (κ2) is 9.37. The molecule has 1 atom stereocenters. The van der Waals surface area contributed by atoms with Gasteiger partial charge in [-0.2, -0.15) is 0 Å². The number of carbonyl (C=O) groups excluding carboxylic acids is 2. The molecule has 1 aliphatic heterocycles. The Labute approximate surface area is 215 Å². The van der Waals surface area contributed by atoms with Crippen LogP contribution in [-0.4, -0.2) is 39.3 Å². The van der Waals surface area contributed by atoms with Gasteiger partial charge in [-0.25, -0.2) is 13.2 Å². The molecule has 0 spiro atoms. The Morgan fingerprint density at radius 2 is 1.51 bits per heavy atom. The number of carbonyl (C=O) groups is 2. The number of anilines is 2. The number of hydrogen-bond donors (Lipinski definition) is 0. The Morgan fingerprint density at radius 3 is 2.19 bits per heavy atom. The summed E-state index contributed by atoms with van der Waals surface area (Å²) in [7, 11) is -3.32. The van der Waals surface area contributed by atoms with Crippen LogP contribution in [0.2, 0.25) is 0 Å². The van der Waals surface area contributed by atoms with Gasteiger partial charge in [0.2, 0.25) is 5.91 Å². The first-order valence-electron chi connectivity index (χ1n) is 11.8. The van der Waals surface area contributed by atoms with Crippen molar-refractivity contribution in [3.05, 3.63) is 84.9 Å². The van der Waals surface area contributed by atoms with E-state index < -0.39 is 15.9 Å². The molecule has 0 bridgehead atoms. The summed E-state index contributed by atoms with van der Waals surface area (Å²) in [6.07, 6.45) is 0.619. The number of hydrogen-bond acceptors (Lipinski definition) is 5. The Hall–Kier alpha value is -4.17. The molecule has 8 heteroatoms. The van der Waals surface area contributed by atoms with Crippen molar-refractivity contribution in [2.45, 2.75) is 24.8 Å². The Kier molecular flexibility index (Phi) is 6.21. The van der Waals surface area contributed by atoms with Crippen LogP contribution in [0.3, 0.4) is 0 Å². The number of nitrogens with zero attached hydrogens (tertiary/aromatic N) is 2. The zero-order valence-electron chi connectivity index (χ0n) is 20.7. The molecule has 0 unspecified atom stereocenters. The number of amides is 2. The normalized spacial score (nSPS) is 15.4. The van der Waals surface area contributed by atoms with E-state index in [0.29, 0.717) is 17.1 Å². The number of rotatable bonds is 3. The second-order valence-corrected chi connectivity index (χ2v) is 11.2. The summed E-state index contributed by atoms with van der Waals surface area (Å²) in [6.45, 7) is 3.65. The van der Waals surface area contributed by atoms with E-state index in [9.17, 15) is 18.0 Å². The fourth-order valence-corrected chi connectivity index (χ4v) is 5.37. The summed E-state index contributed by atoms with van der Waals surface area (Å²) in [5, 5.41) is 2.01. The van der Waals surface area contributed by atoms with Crippen LogP contribution < -0.4 is 14.5 Å². The minimum absolute atomic E-state index is 0.124. The van der Waals surface area contributed by atoms with Crippen molar-refractivity contribution in [1.82, 2.24) is 0 Å². The maximum atomic E-state index is 13.4. The monoisotopic (exact) mass is 514 g/mol. The molecule has 37 heavy (non-hydrogen) atoms. The molecule has 0 aromatic heterocycles. The Bertz CT molecular complexity index is 1630. The van der Waals surface area contributed by atoms with Gasteiger partial charge in [-0.05, 0) is 65.2 Å². The molecule has 5 rings (SSSR count). The van der Waals surface area contributed by atoms with Crippen molar-refractivity contribution in [2.75, 3.05) is 22.6 Å². The van der Waals surface area contributed by atoms with Crippen molar-refractivity contribution in [3.63, 3.8) is 0 Å². The summed E-state index contributed by atoms with van der Waals surface area (Å²) >= 11 is 0. The molecule has 2 amide bonds. The molecule has 7 nitrogen and oxygen atoms in total. The molecule has 188 valence electrons. The average Bonchev–Trinajstić information content (AvgIpc) is 2.87. The van der Waals surface area contributed by atoms with Gasteiger partial charge in [0, 0.05) is 19.7 Å². The van der Waals surface area contributed by atoms with Gasteiger partial charge in [0.25, 0.3) is 0 Å². The summed E-state index contributed by atoms with van der Waals surface area (Å²) < 4.78 is 29.5. The van der Waals surface area contributed by atoms with E-state index >= 15 is 0 Å². The smallest absolute Gasteiger partial charge is 0.410 e. The zero-order valence-corrected chi connectivity index (χ0v) is 21.5. The van der Waals surface area contributed by atoms with Crippen LogP contribution in [0.25, 0.3) is 21.9 Å². The van der Waals surface area contributed by atoms with Gasteiger partial charge >= 0.3 is 6.09 Å². The van der Waals surface area contributed by atoms with E-state index in [1.165, 1.54) is 6.92 Å². The molecule has 0 radical (unpaired) electrons. The lowest BCUT2D eigenvalue weighted by atomic mass is 10.0. The molecule has 4 aromatic rings. The van der Waals surface area contributed by atoms with Crippen molar-refractivity contribution < 1.29 is 22.7 Å². The number of benzene rings is 4. The maximum absolute atomic E-state index is 13.4. The van der Waals surface area contributed by atoms with E-state index in [1.807, 2.05) is 61.5 Å². The lowest BCUT2D eigenvalue weighted by Crippen LogP contribution is -2.52. The minimum atomic E-state index is -3.32. The van der Waals surface area contributed by atoms with Gasteiger partial charge in [-0.1, -0.05) is 48.5 Å². The molecular weight excluding hydrogens is 488 g/mol. The predicted molar refractivity (Wildman–Crippen MR) is 145 cm³/mol. The highest BCUT2D eigenvalue weighted by atomic mass is 32.2. The van der Waals surface area contributed by atoms with Gasteiger partial charge in [-0.3, -0.25) is 9.69 Å². The standard InChI is InChI=1S/C29H26N2O5S/c1-19-18-30(29(33)36-25-12-8-21-6-4-5-7-23(21)16-25)28-17-24(11-15-27(28)31(19)20(2)32)22-9-13-26(14-10-22)37(3,34)35/h4-17,19H,18H2,1-3H3/t19-/m0/s1. The molecule has 0 saturated heterocycles. The molecule has 0 aliphatic carbocycles. The highest BCUT2D eigenvalue weighted by Gasteiger charge is 2.34. The first-order valence-corrected chi connectivity index (χ1v) is 13.7. The number of sulfone groups is 1. The van der Waals surface area contributed by atoms with E-state index in [1.54, 1.807) is 40.1 Å². The van der Waals surface area contributed by atoms with E-state index in [4.69, 9.17) is 4.74 Å². The van der Waals surface area contributed by atoms with Crippen LogP contribution in [0.4, 0.5) is 16.2 Å². The van der Waals surface area contributed by atoms with Crippen LogP contribution >= 0.6 is 0 Å². The van der Waals surface area contributed by atoms with Crippen molar-refractivity contribution in [2.24, 2.45) is 0 Å². The van der Waals surface area contributed by atoms with Crippen molar-refractivity contribution >= 4 is 44.0 Å². The lowest BCUT2D eigenvalue weighted by molar-refractivity contribution is -0.117. The second-order valence-electron chi connectivity index (χ2n) is 9.23. The highest BCUT2D eigenvalue weighted by Crippen LogP contribution is 2.39. The van der Waals surface area contributed by atoms with Crippen molar-refractivity contribution in [1.29, 1.82) is 0 Å². The van der Waals surface area contributed by atoms with Gasteiger partial charge in [0.15, 0.2) is 9.84 Å². The molecular formula is C29H26N2O5S. The van der Waals surface area contributed by atoms with Crippen LogP contribution in [-0.2, 0) is 14.6 Å². The van der Waals surface area contributed by atoms with E-state index in [2.05, 4.69) is 0 Å². The zero-order chi connectivity index (χ0) is 26.3. The molecule has 0 fully saturated rings. The third-order valence-electron chi connectivity index (χ3n) is 6.51.